The van der Waals surface area contributed by atoms with Gasteiger partial charge in [0.1, 0.15) is 5.69 Å². The Bertz CT molecular complexity index is 851. The maximum Gasteiger partial charge on any atom is 0.270 e. The van der Waals surface area contributed by atoms with Crippen LogP contribution in [0.4, 0.5) is 5.13 Å². The predicted octanol–water partition coefficient (Wildman–Crippen LogP) is 3.54. The summed E-state index contributed by atoms with van der Waals surface area (Å²) in [4.78, 5) is 31.0. The minimum absolute atomic E-state index is 0. The Labute approximate surface area is 181 Å². The first-order valence-corrected chi connectivity index (χ1v) is 10.0. The zero-order valence-electron chi connectivity index (χ0n) is 16.9. The summed E-state index contributed by atoms with van der Waals surface area (Å²) in [7, 11) is 0. The molecule has 7 nitrogen and oxygen atoms in total. The van der Waals surface area contributed by atoms with E-state index in [0.717, 1.165) is 6.54 Å². The second-order valence-electron chi connectivity index (χ2n) is 6.86. The number of nitriles is 1. The van der Waals surface area contributed by atoms with Crippen molar-refractivity contribution in [3.63, 3.8) is 0 Å². The number of nitrogens with zero attached hydrogens (tertiary/aromatic N) is 3. The summed E-state index contributed by atoms with van der Waals surface area (Å²) in [5.41, 5.74) is 1.18. The molecule has 1 aromatic carbocycles. The summed E-state index contributed by atoms with van der Waals surface area (Å²) in [6.07, 6.45) is 0. The first-order valence-electron chi connectivity index (χ1n) is 9.12. The van der Waals surface area contributed by atoms with Gasteiger partial charge in [-0.05, 0) is 52.0 Å². The van der Waals surface area contributed by atoms with Crippen molar-refractivity contribution in [1.29, 1.82) is 5.26 Å². The molecule has 0 unspecified atom stereocenters. The van der Waals surface area contributed by atoms with Gasteiger partial charge < -0.3 is 5.32 Å². The Kier molecular flexibility index (Phi) is 9.75. The average Bonchev–Trinajstić information content (AvgIpc) is 3.13. The van der Waals surface area contributed by atoms with Gasteiger partial charge in [0.15, 0.2) is 5.13 Å². The van der Waals surface area contributed by atoms with E-state index in [1.807, 2.05) is 6.07 Å². The van der Waals surface area contributed by atoms with E-state index in [1.54, 1.807) is 29.6 Å². The normalized spacial score (nSPS) is 10.6. The van der Waals surface area contributed by atoms with E-state index >= 15 is 0 Å². The van der Waals surface area contributed by atoms with Gasteiger partial charge in [-0.25, -0.2) is 4.98 Å². The molecule has 0 aliphatic carbocycles. The highest BCUT2D eigenvalue weighted by molar-refractivity contribution is 7.14. The highest BCUT2D eigenvalue weighted by Crippen LogP contribution is 2.17. The molecule has 0 bridgehead atoms. The predicted molar refractivity (Wildman–Crippen MR) is 118 cm³/mol. The number of nitrogens with one attached hydrogen (secondary N) is 2. The van der Waals surface area contributed by atoms with Crippen LogP contribution in [0, 0.1) is 11.3 Å². The number of thiazole rings is 1. The zero-order valence-corrected chi connectivity index (χ0v) is 18.6. The van der Waals surface area contributed by atoms with Gasteiger partial charge in [-0.15, -0.1) is 23.7 Å². The van der Waals surface area contributed by atoms with Crippen molar-refractivity contribution in [3.8, 4) is 6.07 Å². The molecular weight excluding hydrogens is 410 g/mol. The molecule has 0 saturated carbocycles. The monoisotopic (exact) mass is 435 g/mol. The van der Waals surface area contributed by atoms with Gasteiger partial charge in [0.2, 0.25) is 0 Å². The van der Waals surface area contributed by atoms with Gasteiger partial charge in [0.05, 0.1) is 11.6 Å². The topological polar surface area (TPSA) is 98.1 Å². The second kappa shape index (κ2) is 11.5. The van der Waals surface area contributed by atoms with Crippen LogP contribution >= 0.6 is 23.7 Å². The number of rotatable bonds is 8. The molecule has 0 atom stereocenters. The third-order valence-corrected chi connectivity index (χ3v) is 4.97. The molecular formula is C20H26ClN5O2S. The fourth-order valence-corrected chi connectivity index (χ4v) is 3.49. The van der Waals surface area contributed by atoms with Crippen molar-refractivity contribution >= 4 is 40.7 Å². The number of halogens is 1. The molecule has 156 valence electrons. The first-order chi connectivity index (χ1) is 13.3. The molecule has 0 aliphatic rings. The highest BCUT2D eigenvalue weighted by Gasteiger charge is 2.16. The van der Waals surface area contributed by atoms with Crippen LogP contribution < -0.4 is 10.6 Å². The fraction of sp³-hybridized carbons (Fsp3) is 0.400. The summed E-state index contributed by atoms with van der Waals surface area (Å²) in [6.45, 7) is 9.80. The van der Waals surface area contributed by atoms with Crippen LogP contribution in [0.15, 0.2) is 29.6 Å². The zero-order chi connectivity index (χ0) is 20.7. The number of anilines is 1. The molecule has 0 fully saturated rings. The lowest BCUT2D eigenvalue weighted by molar-refractivity contribution is 0.0934. The summed E-state index contributed by atoms with van der Waals surface area (Å²) < 4.78 is 0. The largest absolute Gasteiger partial charge is 0.349 e. The quantitative estimate of drug-likeness (QED) is 0.660. The second-order valence-corrected chi connectivity index (χ2v) is 7.72. The van der Waals surface area contributed by atoms with E-state index in [-0.39, 0.29) is 29.9 Å². The first kappa shape index (κ1) is 24.6. The van der Waals surface area contributed by atoms with Crippen molar-refractivity contribution in [2.24, 2.45) is 0 Å². The Morgan fingerprint density at radius 1 is 1.14 bits per heavy atom. The number of benzene rings is 1. The number of carbonyl (C=O) groups excluding carboxylic acids is 2. The van der Waals surface area contributed by atoms with Gasteiger partial charge in [0, 0.05) is 36.1 Å². The van der Waals surface area contributed by atoms with Crippen LogP contribution in [0.5, 0.6) is 0 Å². The number of carbonyl (C=O) groups is 2. The molecule has 0 aliphatic heterocycles. The van der Waals surface area contributed by atoms with Crippen LogP contribution in [-0.4, -0.2) is 46.9 Å². The molecule has 0 saturated heterocycles. The van der Waals surface area contributed by atoms with Crippen molar-refractivity contribution in [3.05, 3.63) is 46.5 Å². The van der Waals surface area contributed by atoms with Crippen LogP contribution in [0.2, 0.25) is 0 Å². The van der Waals surface area contributed by atoms with E-state index in [1.165, 1.54) is 11.3 Å². The molecule has 1 heterocycles. The van der Waals surface area contributed by atoms with E-state index in [2.05, 4.69) is 48.2 Å². The fourth-order valence-electron chi connectivity index (χ4n) is 2.80. The van der Waals surface area contributed by atoms with E-state index < -0.39 is 0 Å². The lowest BCUT2D eigenvalue weighted by Gasteiger charge is -2.30. The van der Waals surface area contributed by atoms with Crippen LogP contribution in [0.25, 0.3) is 0 Å². The van der Waals surface area contributed by atoms with Gasteiger partial charge in [-0.3, -0.25) is 19.8 Å². The van der Waals surface area contributed by atoms with Crippen LogP contribution in [0.1, 0.15) is 54.1 Å². The number of hydrogen-bond donors (Lipinski definition) is 2. The summed E-state index contributed by atoms with van der Waals surface area (Å²) in [5.74, 6) is -0.599. The molecule has 2 rings (SSSR count). The average molecular weight is 436 g/mol. The summed E-state index contributed by atoms with van der Waals surface area (Å²) >= 11 is 1.19. The Hall–Kier alpha value is -2.47. The molecule has 2 N–H and O–H groups in total. The maximum absolute atomic E-state index is 12.3. The smallest absolute Gasteiger partial charge is 0.270 e. The minimum atomic E-state index is -0.338. The Balaban J connectivity index is 0.00000420. The van der Waals surface area contributed by atoms with Gasteiger partial charge in [0.25, 0.3) is 11.8 Å². The van der Waals surface area contributed by atoms with Crippen molar-refractivity contribution in [1.82, 2.24) is 15.2 Å². The van der Waals surface area contributed by atoms with Crippen LogP contribution in [0.3, 0.4) is 0 Å². The molecule has 9 heteroatoms. The van der Waals surface area contributed by atoms with E-state index in [0.29, 0.717) is 34.9 Å². The third kappa shape index (κ3) is 7.13. The van der Waals surface area contributed by atoms with Gasteiger partial charge in [-0.1, -0.05) is 0 Å². The van der Waals surface area contributed by atoms with Crippen LogP contribution in [-0.2, 0) is 0 Å². The maximum atomic E-state index is 12.3. The SMILES string of the molecule is CC(C)N(CCNC(=O)c1csc(NC(=O)c2ccc(C#N)cc2)n1)C(C)C.Cl. The molecule has 0 spiro atoms. The minimum Gasteiger partial charge on any atom is -0.349 e. The molecule has 2 aromatic rings. The summed E-state index contributed by atoms with van der Waals surface area (Å²) in [6, 6.07) is 9.11. The van der Waals surface area contributed by atoms with Gasteiger partial charge >= 0.3 is 0 Å². The number of amides is 2. The lowest BCUT2D eigenvalue weighted by atomic mass is 10.1. The van der Waals surface area contributed by atoms with Crippen molar-refractivity contribution in [2.75, 3.05) is 18.4 Å². The number of hydrogen-bond acceptors (Lipinski definition) is 6. The van der Waals surface area contributed by atoms with Crippen molar-refractivity contribution < 1.29 is 9.59 Å². The van der Waals surface area contributed by atoms with Crippen molar-refractivity contribution in [2.45, 2.75) is 39.8 Å². The highest BCUT2D eigenvalue weighted by atomic mass is 35.5. The molecule has 29 heavy (non-hydrogen) atoms. The Morgan fingerprint density at radius 3 is 2.31 bits per heavy atom. The molecule has 0 radical (unpaired) electrons. The van der Waals surface area contributed by atoms with E-state index in [9.17, 15) is 9.59 Å². The molecule has 1 aromatic heterocycles. The standard InChI is InChI=1S/C20H25N5O2S.ClH/c1-13(2)25(14(3)4)10-9-22-19(27)17-12-28-20(23-17)24-18(26)16-7-5-15(11-21)6-8-16;/h5-8,12-14H,9-10H2,1-4H3,(H,22,27)(H,23,24,26);1H. The third-order valence-electron chi connectivity index (χ3n) is 4.22. The van der Waals surface area contributed by atoms with E-state index in [4.69, 9.17) is 5.26 Å². The number of aromatic nitrogens is 1. The molecule has 2 amide bonds. The Morgan fingerprint density at radius 2 is 1.76 bits per heavy atom. The lowest BCUT2D eigenvalue weighted by Crippen LogP contribution is -2.42. The van der Waals surface area contributed by atoms with Gasteiger partial charge in [-0.2, -0.15) is 5.26 Å². The summed E-state index contributed by atoms with van der Waals surface area (Å²) in [5, 5.41) is 16.3.